The lowest BCUT2D eigenvalue weighted by Gasteiger charge is -2.22. The van der Waals surface area contributed by atoms with Gasteiger partial charge < -0.3 is 15.5 Å². The number of aryl methyl sites for hydroxylation is 1. The number of rotatable bonds is 4. The first-order valence-corrected chi connectivity index (χ1v) is 9.73. The van der Waals surface area contributed by atoms with Crippen LogP contribution in [0.15, 0.2) is 29.1 Å². The van der Waals surface area contributed by atoms with Crippen LogP contribution in [0.4, 0.5) is 0 Å². The second kappa shape index (κ2) is 6.74. The molecule has 136 valence electrons. The first-order chi connectivity index (χ1) is 12.6. The Balaban J connectivity index is 1.70. The van der Waals surface area contributed by atoms with Crippen LogP contribution in [0.1, 0.15) is 28.8 Å². The molecule has 0 saturated carbocycles. The number of nitrogen functional groups attached to an aromatic ring is 1. The molecule has 1 unspecified atom stereocenters. The van der Waals surface area contributed by atoms with Gasteiger partial charge in [-0.15, -0.1) is 11.3 Å². The highest BCUT2D eigenvalue weighted by molar-refractivity contribution is 7.18. The van der Waals surface area contributed by atoms with E-state index in [0.717, 1.165) is 52.4 Å². The Kier molecular flexibility index (Phi) is 4.42. The van der Waals surface area contributed by atoms with Gasteiger partial charge in [0, 0.05) is 6.42 Å². The number of thiophene rings is 1. The lowest BCUT2D eigenvalue weighted by Crippen LogP contribution is -3.11. The molecule has 0 amide bonds. The molecule has 0 bridgehead atoms. The quantitative estimate of drug-likeness (QED) is 0.672. The largest absolute Gasteiger partial charge is 0.485 e. The van der Waals surface area contributed by atoms with E-state index < -0.39 is 0 Å². The Hall–Kier alpha value is -2.38. The van der Waals surface area contributed by atoms with E-state index in [4.69, 9.17) is 10.6 Å². The maximum absolute atomic E-state index is 12.9. The zero-order valence-corrected chi connectivity index (χ0v) is 15.9. The monoisotopic (exact) mass is 371 g/mol. The van der Waals surface area contributed by atoms with Crippen molar-refractivity contribution in [3.8, 4) is 5.75 Å². The molecule has 26 heavy (non-hydrogen) atoms. The zero-order valence-electron chi connectivity index (χ0n) is 15.0. The third-order valence-electron chi connectivity index (χ3n) is 5.10. The summed E-state index contributed by atoms with van der Waals surface area (Å²) < 4.78 is 6.99. The summed E-state index contributed by atoms with van der Waals surface area (Å²) in [4.78, 5) is 21.1. The van der Waals surface area contributed by atoms with Gasteiger partial charge in [-0.2, -0.15) is 0 Å². The van der Waals surface area contributed by atoms with Crippen molar-refractivity contribution < 1.29 is 9.64 Å². The van der Waals surface area contributed by atoms with Crippen LogP contribution >= 0.6 is 11.3 Å². The topological polar surface area (TPSA) is 74.6 Å². The predicted molar refractivity (Wildman–Crippen MR) is 103 cm³/mol. The summed E-state index contributed by atoms with van der Waals surface area (Å²) >= 11 is 1.62. The maximum atomic E-state index is 12.9. The van der Waals surface area contributed by atoms with Crippen LogP contribution in [0.2, 0.25) is 0 Å². The van der Waals surface area contributed by atoms with Gasteiger partial charge in [-0.3, -0.25) is 4.79 Å². The van der Waals surface area contributed by atoms with Crippen molar-refractivity contribution in [2.45, 2.75) is 33.4 Å². The molecule has 0 saturated heterocycles. The molecule has 3 N–H and O–H groups in total. The molecule has 6 nitrogen and oxygen atoms in total. The van der Waals surface area contributed by atoms with Crippen molar-refractivity contribution in [1.29, 1.82) is 0 Å². The molecule has 2 aromatic heterocycles. The van der Waals surface area contributed by atoms with Crippen molar-refractivity contribution in [2.75, 3.05) is 18.9 Å². The van der Waals surface area contributed by atoms with E-state index in [1.807, 2.05) is 31.2 Å². The lowest BCUT2D eigenvalue weighted by atomic mass is 10.1. The van der Waals surface area contributed by atoms with Gasteiger partial charge in [0.15, 0.2) is 5.82 Å². The van der Waals surface area contributed by atoms with Crippen molar-refractivity contribution in [3.05, 3.63) is 56.4 Å². The zero-order chi connectivity index (χ0) is 18.3. The molecule has 0 radical (unpaired) electrons. The predicted octanol–water partition coefficient (Wildman–Crippen LogP) is 1.02. The number of benzene rings is 1. The Morgan fingerprint density at radius 1 is 1.38 bits per heavy atom. The van der Waals surface area contributed by atoms with Crippen molar-refractivity contribution in [1.82, 2.24) is 9.66 Å². The van der Waals surface area contributed by atoms with Crippen LogP contribution in [-0.4, -0.2) is 22.7 Å². The standard InChI is InChI=1S/C19H22N4O2S/c1-3-22-9-8-13-15(10-22)26-18-17(13)19(24)23(20)16(21-18)11-25-14-7-5-4-6-12(14)2/h4-7H,3,8-11,20H2,1-2H3/p+1. The number of likely N-dealkylation sites (N-methyl/N-ethyl adjacent to an activating group) is 1. The molecule has 4 rings (SSSR count). The van der Waals surface area contributed by atoms with Crippen LogP contribution in [0, 0.1) is 6.92 Å². The van der Waals surface area contributed by atoms with E-state index in [9.17, 15) is 4.79 Å². The van der Waals surface area contributed by atoms with E-state index in [1.165, 1.54) is 4.88 Å². The van der Waals surface area contributed by atoms with E-state index in [0.29, 0.717) is 11.2 Å². The fourth-order valence-corrected chi connectivity index (χ4v) is 4.80. The van der Waals surface area contributed by atoms with Gasteiger partial charge in [0.2, 0.25) is 0 Å². The van der Waals surface area contributed by atoms with Gasteiger partial charge in [0.05, 0.1) is 23.4 Å². The smallest absolute Gasteiger partial charge is 0.281 e. The number of hydrogen-bond donors (Lipinski definition) is 2. The number of hydrogen-bond acceptors (Lipinski definition) is 5. The Morgan fingerprint density at radius 2 is 2.19 bits per heavy atom. The normalized spacial score (nSPS) is 16.6. The van der Waals surface area contributed by atoms with Crippen molar-refractivity contribution in [2.24, 2.45) is 0 Å². The summed E-state index contributed by atoms with van der Waals surface area (Å²) in [5, 5.41) is 0.697. The van der Waals surface area contributed by atoms with Crippen LogP contribution < -0.4 is 21.0 Å². The summed E-state index contributed by atoms with van der Waals surface area (Å²) in [6.07, 6.45) is 0.911. The van der Waals surface area contributed by atoms with Crippen LogP contribution in [0.5, 0.6) is 5.75 Å². The molecular formula is C19H23N4O2S+. The number of quaternary nitrogens is 1. The number of ether oxygens (including phenoxy) is 1. The number of para-hydroxylation sites is 1. The molecule has 1 aliphatic heterocycles. The van der Waals surface area contributed by atoms with E-state index >= 15 is 0 Å². The minimum atomic E-state index is -0.171. The average molecular weight is 371 g/mol. The second-order valence-corrected chi connectivity index (χ2v) is 7.81. The molecular weight excluding hydrogens is 348 g/mol. The van der Waals surface area contributed by atoms with Gasteiger partial charge >= 0.3 is 0 Å². The Bertz CT molecular complexity index is 1020. The number of fused-ring (bicyclic) bond motifs is 3. The summed E-state index contributed by atoms with van der Waals surface area (Å²) in [5.74, 6) is 7.28. The minimum Gasteiger partial charge on any atom is -0.485 e. The summed E-state index contributed by atoms with van der Waals surface area (Å²) in [6, 6.07) is 7.77. The lowest BCUT2D eigenvalue weighted by molar-refractivity contribution is -0.913. The third-order valence-corrected chi connectivity index (χ3v) is 6.23. The maximum Gasteiger partial charge on any atom is 0.281 e. The highest BCUT2D eigenvalue weighted by Crippen LogP contribution is 2.29. The first-order valence-electron chi connectivity index (χ1n) is 8.91. The molecule has 1 aliphatic rings. The average Bonchev–Trinajstić information content (AvgIpc) is 3.02. The van der Waals surface area contributed by atoms with E-state index in [1.54, 1.807) is 16.2 Å². The van der Waals surface area contributed by atoms with Crippen LogP contribution in [0.25, 0.3) is 10.2 Å². The van der Waals surface area contributed by atoms with Gasteiger partial charge in [-0.25, -0.2) is 9.66 Å². The van der Waals surface area contributed by atoms with Gasteiger partial charge in [-0.05, 0) is 31.0 Å². The van der Waals surface area contributed by atoms with Gasteiger partial charge in [-0.1, -0.05) is 18.2 Å². The molecule has 0 aliphatic carbocycles. The van der Waals surface area contributed by atoms with E-state index in [2.05, 4.69) is 11.9 Å². The van der Waals surface area contributed by atoms with Gasteiger partial charge in [0.25, 0.3) is 5.56 Å². The summed E-state index contributed by atoms with van der Waals surface area (Å²) in [7, 11) is 0. The SMILES string of the molecule is CC[NH+]1CCc2c(sc3nc(COc4ccccc4C)n(N)c(=O)c23)C1. The fraction of sp³-hybridized carbons (Fsp3) is 0.368. The number of nitrogens with zero attached hydrogens (tertiary/aromatic N) is 2. The molecule has 0 spiro atoms. The third kappa shape index (κ3) is 2.87. The first kappa shape index (κ1) is 17.1. The van der Waals surface area contributed by atoms with E-state index in [-0.39, 0.29) is 12.2 Å². The fourth-order valence-electron chi connectivity index (χ4n) is 3.49. The van der Waals surface area contributed by atoms with Crippen LogP contribution in [-0.2, 0) is 19.6 Å². The van der Waals surface area contributed by atoms with Gasteiger partial charge in [0.1, 0.15) is 23.7 Å². The molecule has 0 fully saturated rings. The molecule has 7 heteroatoms. The number of aromatic nitrogens is 2. The molecule has 1 aromatic carbocycles. The minimum absolute atomic E-state index is 0.168. The van der Waals surface area contributed by atoms with Crippen molar-refractivity contribution in [3.63, 3.8) is 0 Å². The highest BCUT2D eigenvalue weighted by Gasteiger charge is 2.26. The second-order valence-electron chi connectivity index (χ2n) is 6.72. The Morgan fingerprint density at radius 3 is 2.96 bits per heavy atom. The molecule has 1 atom stereocenters. The summed E-state index contributed by atoms with van der Waals surface area (Å²) in [5.41, 5.74) is 2.01. The van der Waals surface area contributed by atoms with Crippen molar-refractivity contribution >= 4 is 21.6 Å². The highest BCUT2D eigenvalue weighted by atomic mass is 32.1. The van der Waals surface area contributed by atoms with Crippen LogP contribution in [0.3, 0.4) is 0 Å². The molecule has 3 aromatic rings. The summed E-state index contributed by atoms with van der Waals surface area (Å²) in [6.45, 7) is 7.46. The Labute approximate surface area is 155 Å². The number of nitrogens with two attached hydrogens (primary N) is 1. The number of nitrogens with one attached hydrogen (secondary N) is 1. The molecule has 3 heterocycles.